The molecule has 0 aromatic rings. The fourth-order valence-corrected chi connectivity index (χ4v) is 5.09. The Bertz CT molecular complexity index is 1070. The van der Waals surface area contributed by atoms with Crippen molar-refractivity contribution in [2.24, 2.45) is 5.73 Å². The van der Waals surface area contributed by atoms with Gasteiger partial charge in [0.2, 0.25) is 23.6 Å². The maximum Gasteiger partial charge on any atom is 0.326 e. The van der Waals surface area contributed by atoms with Crippen molar-refractivity contribution >= 4 is 47.5 Å². The molecule has 0 saturated heterocycles. The van der Waals surface area contributed by atoms with Crippen molar-refractivity contribution < 1.29 is 58.8 Å². The van der Waals surface area contributed by atoms with E-state index in [2.05, 4.69) is 16.0 Å². The number of hydrogen-bond acceptors (Lipinski definition) is 8. The highest BCUT2D eigenvalue weighted by Crippen LogP contribution is 2.14. The minimum absolute atomic E-state index is 0.140. The van der Waals surface area contributed by atoms with E-state index in [0.29, 0.717) is 6.42 Å². The average Bonchev–Trinajstić information content (AvgIpc) is 3.02. The molecule has 0 spiro atoms. The molecule has 0 aliphatic rings. The molecule has 1 unspecified atom stereocenters. The molecule has 0 radical (unpaired) electrons. The van der Waals surface area contributed by atoms with Crippen LogP contribution in [0, 0.1) is 0 Å². The third-order valence-corrected chi connectivity index (χ3v) is 7.94. The number of amides is 4. The molecule has 16 heteroatoms. The fourth-order valence-electron chi connectivity index (χ4n) is 5.09. The summed E-state index contributed by atoms with van der Waals surface area (Å²) in [7, 11) is 0. The van der Waals surface area contributed by atoms with Gasteiger partial charge in [0, 0.05) is 32.1 Å². The highest BCUT2D eigenvalue weighted by molar-refractivity contribution is 5.87. The largest absolute Gasteiger partial charge is 0.481 e. The first kappa shape index (κ1) is 44.8. The van der Waals surface area contributed by atoms with Crippen LogP contribution in [0.4, 0.5) is 0 Å². The summed E-state index contributed by atoms with van der Waals surface area (Å²) in [6.07, 6.45) is 12.8. The number of primary amides is 1. The lowest BCUT2D eigenvalue weighted by Crippen LogP contribution is -2.45. The number of carbonyl (C=O) groups is 8. The lowest BCUT2D eigenvalue weighted by atomic mass is 10.0. The van der Waals surface area contributed by atoms with Gasteiger partial charge in [-0.3, -0.25) is 24.0 Å². The van der Waals surface area contributed by atoms with E-state index in [0.717, 1.165) is 57.8 Å². The van der Waals surface area contributed by atoms with Gasteiger partial charge in [0.05, 0.1) is 0 Å². The standard InChI is InChI=1S/C33H56N4O12/c34-26(38)20-17-23(31(44)45)36-28(40)22-19-25(33(48)49)37-29(41)21-18-24(32(46)47)35-27(39)15-13-11-9-7-5-3-1-2-4-6-8-10-12-14-16-30(42)43/h23-25H,1-22H2,(H2,34,38)(H,35,39)(H,36,40)(H,37,41)(H,42,43)(H,44,45)(H,46,47)(H,48,49)/t23-,24?,25-/m0/s1. The monoisotopic (exact) mass is 700 g/mol. The Morgan fingerprint density at radius 3 is 0.939 bits per heavy atom. The van der Waals surface area contributed by atoms with E-state index in [1.165, 1.54) is 25.7 Å². The summed E-state index contributed by atoms with van der Waals surface area (Å²) in [6.45, 7) is 0. The summed E-state index contributed by atoms with van der Waals surface area (Å²) in [4.78, 5) is 92.6. The number of nitrogens with two attached hydrogens (primary N) is 1. The molecule has 9 N–H and O–H groups in total. The van der Waals surface area contributed by atoms with Gasteiger partial charge < -0.3 is 42.1 Å². The summed E-state index contributed by atoms with van der Waals surface area (Å²) in [5.74, 6) is -7.76. The average molecular weight is 701 g/mol. The molecule has 0 aromatic heterocycles. The van der Waals surface area contributed by atoms with Gasteiger partial charge >= 0.3 is 23.9 Å². The number of aliphatic carboxylic acids is 4. The summed E-state index contributed by atoms with van der Waals surface area (Å²) in [6, 6.07) is -4.26. The van der Waals surface area contributed by atoms with Crippen LogP contribution in [0.3, 0.4) is 0 Å². The number of hydrogen-bond donors (Lipinski definition) is 8. The van der Waals surface area contributed by atoms with Crippen molar-refractivity contribution in [2.45, 2.75) is 159 Å². The van der Waals surface area contributed by atoms with Gasteiger partial charge in [-0.15, -0.1) is 0 Å². The Morgan fingerprint density at radius 1 is 0.388 bits per heavy atom. The summed E-state index contributed by atoms with van der Waals surface area (Å²) in [5, 5.41) is 43.5. The van der Waals surface area contributed by atoms with Crippen molar-refractivity contribution in [2.75, 3.05) is 0 Å². The summed E-state index contributed by atoms with van der Waals surface area (Å²) in [5.41, 5.74) is 4.99. The molecule has 0 rings (SSSR count). The highest BCUT2D eigenvalue weighted by atomic mass is 16.4. The maximum absolute atomic E-state index is 12.4. The third-order valence-electron chi connectivity index (χ3n) is 7.94. The van der Waals surface area contributed by atoms with Crippen LogP contribution >= 0.6 is 0 Å². The zero-order chi connectivity index (χ0) is 37.0. The predicted molar refractivity (Wildman–Crippen MR) is 177 cm³/mol. The van der Waals surface area contributed by atoms with E-state index in [4.69, 9.17) is 15.9 Å². The molecule has 16 nitrogen and oxygen atoms in total. The Balaban J connectivity index is 4.21. The van der Waals surface area contributed by atoms with E-state index in [1.807, 2.05) is 0 Å². The summed E-state index contributed by atoms with van der Waals surface area (Å²) < 4.78 is 0. The molecule has 0 saturated carbocycles. The Kier molecular flexibility index (Phi) is 25.3. The number of carboxylic acid groups (broad SMARTS) is 4. The Hall–Kier alpha value is -4.24. The number of rotatable bonds is 32. The number of nitrogens with one attached hydrogen (secondary N) is 3. The smallest absolute Gasteiger partial charge is 0.326 e. The van der Waals surface area contributed by atoms with Crippen molar-refractivity contribution in [1.82, 2.24) is 16.0 Å². The topological polar surface area (TPSA) is 280 Å². The molecular weight excluding hydrogens is 644 g/mol. The summed E-state index contributed by atoms with van der Waals surface area (Å²) >= 11 is 0. The molecule has 0 aliphatic heterocycles. The van der Waals surface area contributed by atoms with Gasteiger partial charge in [0.25, 0.3) is 0 Å². The lowest BCUT2D eigenvalue weighted by Gasteiger charge is -2.18. The lowest BCUT2D eigenvalue weighted by molar-refractivity contribution is -0.144. The van der Waals surface area contributed by atoms with Crippen LogP contribution in [0.15, 0.2) is 0 Å². The SMILES string of the molecule is NC(=O)CC[C@H](NC(=O)CC[C@H](NC(=O)CCC(NC(=O)CCCCCCCCCCCCCCCCC(=O)O)C(=O)O)C(=O)O)C(=O)O. The second-order valence-electron chi connectivity index (χ2n) is 12.3. The van der Waals surface area contributed by atoms with Crippen LogP contribution in [-0.2, 0) is 38.4 Å². The zero-order valence-corrected chi connectivity index (χ0v) is 28.4. The van der Waals surface area contributed by atoms with Crippen LogP contribution in [-0.4, -0.2) is 86.1 Å². The van der Waals surface area contributed by atoms with Gasteiger partial charge in [-0.05, 0) is 32.1 Å². The first-order chi connectivity index (χ1) is 23.2. The van der Waals surface area contributed by atoms with Gasteiger partial charge in [-0.1, -0.05) is 77.0 Å². The molecule has 4 amide bonds. The van der Waals surface area contributed by atoms with Crippen molar-refractivity contribution in [3.63, 3.8) is 0 Å². The normalized spacial score (nSPS) is 12.7. The van der Waals surface area contributed by atoms with Crippen molar-refractivity contribution in [3.05, 3.63) is 0 Å². The van der Waals surface area contributed by atoms with E-state index in [-0.39, 0.29) is 38.5 Å². The van der Waals surface area contributed by atoms with Gasteiger partial charge in [-0.25, -0.2) is 14.4 Å². The second kappa shape index (κ2) is 27.7. The molecular formula is C33H56N4O12. The van der Waals surface area contributed by atoms with Gasteiger partial charge in [-0.2, -0.15) is 0 Å². The van der Waals surface area contributed by atoms with Crippen LogP contribution in [0.25, 0.3) is 0 Å². The predicted octanol–water partition coefficient (Wildman–Crippen LogP) is 2.85. The van der Waals surface area contributed by atoms with E-state index in [9.17, 15) is 48.6 Å². The van der Waals surface area contributed by atoms with Crippen LogP contribution in [0.2, 0.25) is 0 Å². The highest BCUT2D eigenvalue weighted by Gasteiger charge is 2.26. The minimum atomic E-state index is -1.51. The van der Waals surface area contributed by atoms with Crippen LogP contribution < -0.4 is 21.7 Å². The number of unbranched alkanes of at least 4 members (excludes halogenated alkanes) is 13. The Labute approximate surface area is 287 Å². The molecule has 0 aromatic carbocycles. The first-order valence-corrected chi connectivity index (χ1v) is 17.3. The first-order valence-electron chi connectivity index (χ1n) is 17.3. The van der Waals surface area contributed by atoms with Gasteiger partial charge in [0.1, 0.15) is 18.1 Å². The van der Waals surface area contributed by atoms with E-state index < -0.39 is 78.5 Å². The van der Waals surface area contributed by atoms with Crippen molar-refractivity contribution in [3.8, 4) is 0 Å². The Morgan fingerprint density at radius 2 is 0.653 bits per heavy atom. The van der Waals surface area contributed by atoms with E-state index >= 15 is 0 Å². The minimum Gasteiger partial charge on any atom is -0.481 e. The maximum atomic E-state index is 12.4. The second-order valence-corrected chi connectivity index (χ2v) is 12.3. The van der Waals surface area contributed by atoms with E-state index in [1.54, 1.807) is 0 Å². The molecule has 0 heterocycles. The third kappa shape index (κ3) is 26.4. The van der Waals surface area contributed by atoms with Crippen molar-refractivity contribution in [1.29, 1.82) is 0 Å². The molecule has 0 fully saturated rings. The number of carboxylic acids is 4. The van der Waals surface area contributed by atoms with Crippen LogP contribution in [0.5, 0.6) is 0 Å². The molecule has 0 aliphatic carbocycles. The zero-order valence-electron chi connectivity index (χ0n) is 28.4. The van der Waals surface area contributed by atoms with Crippen LogP contribution in [0.1, 0.15) is 141 Å². The molecule has 0 bridgehead atoms. The number of carbonyl (C=O) groups excluding carboxylic acids is 4. The molecule has 49 heavy (non-hydrogen) atoms. The molecule has 3 atom stereocenters. The fraction of sp³-hybridized carbons (Fsp3) is 0.758. The quantitative estimate of drug-likeness (QED) is 0.0470. The molecule has 280 valence electrons. The van der Waals surface area contributed by atoms with Gasteiger partial charge in [0.15, 0.2) is 0 Å².